The SMILES string of the molecule is C=CCOC(=O)c1sc(N2C(=O)C(O)=C(C(=O)/C=C/c3ccccc3)C2c2ccc(Cl)cc2)nc1C. The van der Waals surface area contributed by atoms with Crippen LogP contribution in [-0.4, -0.2) is 34.4 Å². The Kier molecular flexibility index (Phi) is 7.47. The average molecular weight is 521 g/mol. The van der Waals surface area contributed by atoms with E-state index in [2.05, 4.69) is 11.6 Å². The molecule has 7 nitrogen and oxygen atoms in total. The minimum absolute atomic E-state index is 0.0241. The highest BCUT2D eigenvalue weighted by atomic mass is 35.5. The van der Waals surface area contributed by atoms with Crippen LogP contribution in [0.3, 0.4) is 0 Å². The first-order valence-electron chi connectivity index (χ1n) is 10.9. The first-order valence-corrected chi connectivity index (χ1v) is 12.1. The molecule has 2 heterocycles. The van der Waals surface area contributed by atoms with Crippen molar-refractivity contribution in [1.82, 2.24) is 4.98 Å². The number of thiazole rings is 1. The molecular formula is C27H21ClN2O5S. The molecule has 0 aliphatic carbocycles. The molecule has 1 amide bonds. The second-order valence-corrected chi connectivity index (χ2v) is 9.21. The summed E-state index contributed by atoms with van der Waals surface area (Å²) in [7, 11) is 0. The summed E-state index contributed by atoms with van der Waals surface area (Å²) in [5.74, 6) is -2.62. The number of rotatable bonds is 8. The van der Waals surface area contributed by atoms with Crippen LogP contribution in [0.4, 0.5) is 5.13 Å². The summed E-state index contributed by atoms with van der Waals surface area (Å²) in [4.78, 5) is 44.8. The zero-order chi connectivity index (χ0) is 25.8. The Morgan fingerprint density at radius 3 is 2.56 bits per heavy atom. The van der Waals surface area contributed by atoms with Gasteiger partial charge in [-0.3, -0.25) is 14.5 Å². The number of hydrogen-bond acceptors (Lipinski definition) is 7. The fourth-order valence-corrected chi connectivity index (χ4v) is 4.83. The molecule has 4 rings (SSSR count). The number of allylic oxidation sites excluding steroid dienone is 1. The smallest absolute Gasteiger partial charge is 0.350 e. The van der Waals surface area contributed by atoms with Crippen molar-refractivity contribution in [3.05, 3.63) is 111 Å². The quantitative estimate of drug-likeness (QED) is 0.235. The molecule has 0 radical (unpaired) electrons. The van der Waals surface area contributed by atoms with Gasteiger partial charge in [0.1, 0.15) is 11.5 Å². The number of anilines is 1. The summed E-state index contributed by atoms with van der Waals surface area (Å²) < 4.78 is 5.11. The molecular weight excluding hydrogens is 500 g/mol. The van der Waals surface area contributed by atoms with Gasteiger partial charge in [-0.1, -0.05) is 84.1 Å². The van der Waals surface area contributed by atoms with Crippen LogP contribution in [-0.2, 0) is 14.3 Å². The van der Waals surface area contributed by atoms with Crippen LogP contribution in [0.15, 0.2) is 84.7 Å². The standard InChI is InChI=1S/C27H21ClN2O5S/c1-3-15-35-26(34)24-16(2)29-27(36-24)30-22(18-10-12-19(28)13-11-18)21(23(32)25(30)33)20(31)14-9-17-7-5-4-6-8-17/h3-14,22,32H,1,15H2,2H3/b14-9+. The van der Waals surface area contributed by atoms with Crippen molar-refractivity contribution in [2.24, 2.45) is 0 Å². The molecule has 9 heteroatoms. The van der Waals surface area contributed by atoms with Gasteiger partial charge in [0, 0.05) is 5.02 Å². The number of aliphatic hydroxyl groups excluding tert-OH is 1. The maximum atomic E-state index is 13.3. The van der Waals surface area contributed by atoms with E-state index >= 15 is 0 Å². The number of hydrogen-bond donors (Lipinski definition) is 1. The lowest BCUT2D eigenvalue weighted by molar-refractivity contribution is -0.117. The monoisotopic (exact) mass is 520 g/mol. The molecule has 1 N–H and O–H groups in total. The van der Waals surface area contributed by atoms with Crippen molar-refractivity contribution in [2.45, 2.75) is 13.0 Å². The zero-order valence-corrected chi connectivity index (χ0v) is 20.8. The summed E-state index contributed by atoms with van der Waals surface area (Å²) >= 11 is 7.00. The van der Waals surface area contributed by atoms with Crippen LogP contribution in [0, 0.1) is 6.92 Å². The average Bonchev–Trinajstić information content (AvgIpc) is 3.39. The van der Waals surface area contributed by atoms with Crippen LogP contribution in [0.25, 0.3) is 6.08 Å². The van der Waals surface area contributed by atoms with Gasteiger partial charge in [0.25, 0.3) is 5.91 Å². The third kappa shape index (κ3) is 5.00. The Morgan fingerprint density at radius 2 is 1.89 bits per heavy atom. The van der Waals surface area contributed by atoms with Gasteiger partial charge < -0.3 is 9.84 Å². The van der Waals surface area contributed by atoms with E-state index in [1.807, 2.05) is 30.3 Å². The van der Waals surface area contributed by atoms with E-state index in [9.17, 15) is 19.5 Å². The third-order valence-corrected chi connectivity index (χ3v) is 6.78. The molecule has 0 spiro atoms. The van der Waals surface area contributed by atoms with Crippen LogP contribution in [0.5, 0.6) is 0 Å². The predicted molar refractivity (Wildman–Crippen MR) is 139 cm³/mol. The molecule has 0 bridgehead atoms. The first kappa shape index (κ1) is 25.1. The molecule has 1 unspecified atom stereocenters. The number of aromatic nitrogens is 1. The maximum Gasteiger partial charge on any atom is 0.350 e. The Labute approximate surface area is 216 Å². The van der Waals surface area contributed by atoms with Crippen LogP contribution in [0.2, 0.25) is 5.02 Å². The van der Waals surface area contributed by atoms with Crippen LogP contribution < -0.4 is 4.90 Å². The number of halogens is 1. The minimum atomic E-state index is -0.981. The second kappa shape index (κ2) is 10.7. The molecule has 2 aromatic carbocycles. The van der Waals surface area contributed by atoms with Gasteiger partial charge in [0.2, 0.25) is 0 Å². The van der Waals surface area contributed by atoms with Gasteiger partial charge in [-0.05, 0) is 36.3 Å². The van der Waals surface area contributed by atoms with Crippen molar-refractivity contribution in [1.29, 1.82) is 0 Å². The normalized spacial score (nSPS) is 15.6. The van der Waals surface area contributed by atoms with E-state index < -0.39 is 29.5 Å². The van der Waals surface area contributed by atoms with Gasteiger partial charge in [0.05, 0.1) is 17.3 Å². The van der Waals surface area contributed by atoms with Crippen molar-refractivity contribution in [2.75, 3.05) is 11.5 Å². The zero-order valence-electron chi connectivity index (χ0n) is 19.2. The highest BCUT2D eigenvalue weighted by molar-refractivity contribution is 7.17. The molecule has 1 atom stereocenters. The van der Waals surface area contributed by atoms with Crippen LogP contribution >= 0.6 is 22.9 Å². The van der Waals surface area contributed by atoms with E-state index in [1.54, 1.807) is 37.3 Å². The molecule has 0 fully saturated rings. The Hall–Kier alpha value is -4.01. The fourth-order valence-electron chi connectivity index (χ4n) is 3.72. The lowest BCUT2D eigenvalue weighted by Crippen LogP contribution is -2.30. The molecule has 3 aromatic rings. The third-order valence-electron chi connectivity index (χ3n) is 5.40. The summed E-state index contributed by atoms with van der Waals surface area (Å²) in [5.41, 5.74) is 1.58. The second-order valence-electron chi connectivity index (χ2n) is 7.80. The van der Waals surface area contributed by atoms with Gasteiger partial charge in [-0.25, -0.2) is 9.78 Å². The first-order chi connectivity index (χ1) is 17.3. The Balaban J connectivity index is 1.76. The minimum Gasteiger partial charge on any atom is -0.503 e. The summed E-state index contributed by atoms with van der Waals surface area (Å²) in [6, 6.07) is 14.8. The number of aryl methyl sites for hydroxylation is 1. The number of nitrogens with zero attached hydrogens (tertiary/aromatic N) is 2. The van der Waals surface area contributed by atoms with Crippen molar-refractivity contribution in [3.8, 4) is 0 Å². The maximum absolute atomic E-state index is 13.3. The van der Waals surface area contributed by atoms with E-state index in [0.717, 1.165) is 16.9 Å². The Morgan fingerprint density at radius 1 is 1.19 bits per heavy atom. The number of ketones is 1. The lowest BCUT2D eigenvalue weighted by atomic mass is 9.96. The molecule has 1 aliphatic heterocycles. The topological polar surface area (TPSA) is 96.8 Å². The molecule has 0 saturated carbocycles. The van der Waals surface area contributed by atoms with Crippen molar-refractivity contribution in [3.63, 3.8) is 0 Å². The van der Waals surface area contributed by atoms with E-state index in [0.29, 0.717) is 16.3 Å². The lowest BCUT2D eigenvalue weighted by Gasteiger charge is -2.24. The number of esters is 1. The van der Waals surface area contributed by atoms with E-state index in [-0.39, 0.29) is 22.2 Å². The van der Waals surface area contributed by atoms with Gasteiger partial charge in [-0.2, -0.15) is 0 Å². The number of benzene rings is 2. The number of carbonyl (C=O) groups is 3. The molecule has 1 aliphatic rings. The Bertz CT molecular complexity index is 1390. The number of amides is 1. The van der Waals surface area contributed by atoms with Crippen molar-refractivity contribution >= 4 is 51.8 Å². The summed E-state index contributed by atoms with van der Waals surface area (Å²) in [5, 5.41) is 11.4. The fraction of sp³-hybridized carbons (Fsp3) is 0.111. The number of aliphatic hydroxyl groups is 1. The van der Waals surface area contributed by atoms with E-state index in [1.165, 1.54) is 17.1 Å². The van der Waals surface area contributed by atoms with Gasteiger partial charge in [-0.15, -0.1) is 0 Å². The molecule has 0 saturated heterocycles. The molecule has 1 aromatic heterocycles. The van der Waals surface area contributed by atoms with Gasteiger partial charge in [0.15, 0.2) is 16.7 Å². The predicted octanol–water partition coefficient (Wildman–Crippen LogP) is 5.63. The number of ether oxygens (including phenoxy) is 1. The summed E-state index contributed by atoms with van der Waals surface area (Å²) in [6.07, 6.45) is 4.36. The largest absolute Gasteiger partial charge is 0.503 e. The summed E-state index contributed by atoms with van der Waals surface area (Å²) in [6.45, 7) is 5.16. The van der Waals surface area contributed by atoms with Gasteiger partial charge >= 0.3 is 5.97 Å². The highest BCUT2D eigenvalue weighted by Crippen LogP contribution is 2.43. The molecule has 36 heavy (non-hydrogen) atoms. The highest BCUT2D eigenvalue weighted by Gasteiger charge is 2.45. The molecule has 182 valence electrons. The van der Waals surface area contributed by atoms with Crippen molar-refractivity contribution < 1.29 is 24.2 Å². The van der Waals surface area contributed by atoms with Crippen LogP contribution in [0.1, 0.15) is 32.5 Å². The number of carbonyl (C=O) groups excluding carboxylic acids is 3. The van der Waals surface area contributed by atoms with E-state index in [4.69, 9.17) is 16.3 Å².